The first-order valence-electron chi connectivity index (χ1n) is 11.5. The zero-order valence-electron chi connectivity index (χ0n) is 21.5. The maximum atomic E-state index is 12.3. The zero-order valence-corrected chi connectivity index (χ0v) is 22.2. The van der Waals surface area contributed by atoms with Crippen molar-refractivity contribution < 1.29 is 28.9 Å². The molecule has 0 amide bonds. The van der Waals surface area contributed by atoms with Crippen molar-refractivity contribution in [3.63, 3.8) is 0 Å². The molecule has 0 bridgehead atoms. The number of methoxy groups -OCH3 is 2. The molecule has 0 heterocycles. The normalized spacial score (nSPS) is 23.7. The van der Waals surface area contributed by atoms with Crippen LogP contribution in [0.2, 0.25) is 5.02 Å². The van der Waals surface area contributed by atoms with Crippen molar-refractivity contribution >= 4 is 23.4 Å². The van der Waals surface area contributed by atoms with Crippen molar-refractivity contribution in [2.75, 3.05) is 14.2 Å². The molecule has 1 N–H and O–H groups in total. The van der Waals surface area contributed by atoms with Crippen LogP contribution in [0.25, 0.3) is 0 Å². The van der Waals surface area contributed by atoms with E-state index in [1.165, 1.54) is 21.1 Å². The molecule has 1 aromatic rings. The van der Waals surface area contributed by atoms with Gasteiger partial charge in [-0.15, -0.1) is 0 Å². The minimum atomic E-state index is -0.834. The number of rotatable bonds is 8. The van der Waals surface area contributed by atoms with E-state index in [1.54, 1.807) is 6.92 Å². The number of halogens is 1. The molecule has 6 nitrogen and oxygen atoms in total. The molecule has 0 spiro atoms. The first kappa shape index (κ1) is 28.1. The Hall–Kier alpha value is -2.15. The molecule has 188 valence electrons. The molecule has 0 saturated heterocycles. The Morgan fingerprint density at radius 3 is 2.44 bits per heavy atom. The fourth-order valence-corrected chi connectivity index (χ4v) is 4.79. The Labute approximate surface area is 207 Å². The summed E-state index contributed by atoms with van der Waals surface area (Å²) in [5.74, 6) is 0.144. The van der Waals surface area contributed by atoms with Crippen LogP contribution in [0, 0.1) is 24.2 Å². The van der Waals surface area contributed by atoms with Crippen molar-refractivity contribution in [3.8, 4) is 11.5 Å². The number of esters is 1. The summed E-state index contributed by atoms with van der Waals surface area (Å²) in [6.45, 7) is 11.3. The number of ether oxygens (including phenoxy) is 3. The van der Waals surface area contributed by atoms with Crippen LogP contribution in [-0.2, 0) is 25.5 Å². The first-order valence-corrected chi connectivity index (χ1v) is 11.9. The van der Waals surface area contributed by atoms with E-state index in [0.717, 1.165) is 12.0 Å². The number of ketones is 1. The van der Waals surface area contributed by atoms with Crippen molar-refractivity contribution in [3.05, 3.63) is 45.5 Å². The molecule has 1 aromatic carbocycles. The lowest BCUT2D eigenvalue weighted by Gasteiger charge is -2.42. The van der Waals surface area contributed by atoms with Gasteiger partial charge in [-0.25, -0.2) is 0 Å². The Bertz CT molecular complexity index is 992. The molecule has 1 aliphatic carbocycles. The molecule has 1 saturated carbocycles. The molecule has 1 aliphatic rings. The van der Waals surface area contributed by atoms with Gasteiger partial charge in [-0.3, -0.25) is 9.59 Å². The highest BCUT2D eigenvalue weighted by Gasteiger charge is 2.41. The summed E-state index contributed by atoms with van der Waals surface area (Å²) in [6.07, 6.45) is 7.01. The molecule has 3 atom stereocenters. The third kappa shape index (κ3) is 5.73. The minimum Gasteiger partial charge on any atom is -0.507 e. The fraction of sp³-hybridized carbons (Fsp3) is 0.556. The zero-order chi connectivity index (χ0) is 25.8. The number of carbonyl (C=O) groups excluding carboxylic acids is 2. The molecule has 7 heteroatoms. The van der Waals surface area contributed by atoms with Crippen LogP contribution in [0.4, 0.5) is 0 Å². The van der Waals surface area contributed by atoms with Crippen molar-refractivity contribution in [2.45, 2.75) is 67.1 Å². The second kappa shape index (κ2) is 11.5. The number of phenols is 1. The van der Waals surface area contributed by atoms with E-state index < -0.39 is 12.3 Å². The molecule has 2 rings (SSSR count). The van der Waals surface area contributed by atoms with Gasteiger partial charge in [-0.1, -0.05) is 56.2 Å². The van der Waals surface area contributed by atoms with Gasteiger partial charge in [-0.2, -0.15) is 0 Å². The second-order valence-corrected chi connectivity index (χ2v) is 9.76. The number of benzene rings is 1. The third-order valence-corrected chi connectivity index (χ3v) is 7.75. The minimum absolute atomic E-state index is 0.0431. The van der Waals surface area contributed by atoms with Crippen LogP contribution in [0.3, 0.4) is 0 Å². The molecular weight excluding hydrogens is 456 g/mol. The number of Topliss-reactive ketones (excluding diaryl/α,β-unsaturated/α-hetero) is 1. The van der Waals surface area contributed by atoms with Gasteiger partial charge in [0.25, 0.3) is 0 Å². The highest BCUT2D eigenvalue weighted by atomic mass is 35.5. The number of hydrogen-bond acceptors (Lipinski definition) is 6. The van der Waals surface area contributed by atoms with Gasteiger partial charge in [0, 0.05) is 39.0 Å². The van der Waals surface area contributed by atoms with Crippen LogP contribution in [0.1, 0.15) is 70.4 Å². The van der Waals surface area contributed by atoms with Gasteiger partial charge in [0.1, 0.15) is 11.5 Å². The Balaban J connectivity index is 2.47. The van der Waals surface area contributed by atoms with Crippen molar-refractivity contribution in [1.29, 1.82) is 0 Å². The Morgan fingerprint density at radius 2 is 1.88 bits per heavy atom. The second-order valence-electron chi connectivity index (χ2n) is 9.39. The highest BCUT2D eigenvalue weighted by Crippen LogP contribution is 2.46. The number of aromatic hydroxyl groups is 1. The third-order valence-electron chi connectivity index (χ3n) is 7.29. The SMILES string of the molecule is COC(OC)c1c(C)c(Cl)c(OC(C)=O)c(C/C=C(C)/C=C/[C@@]2(C)[C@H](C)CCC(=O)[C@@H]2C)c1O. The quantitative estimate of drug-likeness (QED) is 0.200. The average molecular weight is 493 g/mol. The van der Waals surface area contributed by atoms with E-state index in [1.807, 2.05) is 26.0 Å². The van der Waals surface area contributed by atoms with Crippen LogP contribution >= 0.6 is 11.6 Å². The number of phenolic OH excluding ortho intramolecular Hbond substituents is 1. The van der Waals surface area contributed by atoms with Gasteiger partial charge in [0.15, 0.2) is 12.0 Å². The van der Waals surface area contributed by atoms with Gasteiger partial charge in [0.05, 0.1) is 10.6 Å². The van der Waals surface area contributed by atoms with E-state index in [9.17, 15) is 14.7 Å². The summed E-state index contributed by atoms with van der Waals surface area (Å²) in [4.78, 5) is 24.1. The maximum Gasteiger partial charge on any atom is 0.308 e. The van der Waals surface area contributed by atoms with Gasteiger partial charge < -0.3 is 19.3 Å². The monoisotopic (exact) mass is 492 g/mol. The van der Waals surface area contributed by atoms with E-state index >= 15 is 0 Å². The molecular formula is C27H37ClO6. The fourth-order valence-electron chi connectivity index (χ4n) is 4.54. The molecule has 1 fully saturated rings. The lowest BCUT2D eigenvalue weighted by molar-refractivity contribution is -0.132. The van der Waals surface area contributed by atoms with Gasteiger partial charge in [-0.05, 0) is 43.6 Å². The van der Waals surface area contributed by atoms with E-state index in [2.05, 4.69) is 19.9 Å². The van der Waals surface area contributed by atoms with Crippen LogP contribution in [0.15, 0.2) is 23.8 Å². The topological polar surface area (TPSA) is 82.1 Å². The van der Waals surface area contributed by atoms with Gasteiger partial charge in [0.2, 0.25) is 0 Å². The van der Waals surface area contributed by atoms with Crippen LogP contribution < -0.4 is 4.74 Å². The summed E-state index contributed by atoms with van der Waals surface area (Å²) < 4.78 is 16.1. The molecule has 34 heavy (non-hydrogen) atoms. The number of allylic oxidation sites excluding steroid dienone is 4. The predicted molar refractivity (Wildman–Crippen MR) is 133 cm³/mol. The smallest absolute Gasteiger partial charge is 0.308 e. The number of carbonyl (C=O) groups is 2. The summed E-state index contributed by atoms with van der Waals surface area (Å²) >= 11 is 6.55. The summed E-state index contributed by atoms with van der Waals surface area (Å²) in [7, 11) is 2.93. The van der Waals surface area contributed by atoms with Crippen LogP contribution in [-0.4, -0.2) is 31.1 Å². The Morgan fingerprint density at radius 1 is 1.26 bits per heavy atom. The highest BCUT2D eigenvalue weighted by molar-refractivity contribution is 6.33. The maximum absolute atomic E-state index is 12.3. The molecule has 0 aliphatic heterocycles. The van der Waals surface area contributed by atoms with E-state index in [0.29, 0.717) is 34.8 Å². The van der Waals surface area contributed by atoms with E-state index in [4.69, 9.17) is 25.8 Å². The molecule has 0 aromatic heterocycles. The lowest BCUT2D eigenvalue weighted by atomic mass is 9.61. The summed E-state index contributed by atoms with van der Waals surface area (Å²) in [5, 5.41) is 11.3. The molecule has 0 unspecified atom stereocenters. The Kier molecular flexibility index (Phi) is 9.52. The van der Waals surface area contributed by atoms with Gasteiger partial charge >= 0.3 is 5.97 Å². The summed E-state index contributed by atoms with van der Waals surface area (Å²) in [5.41, 5.74) is 1.98. The van der Waals surface area contributed by atoms with Crippen molar-refractivity contribution in [1.82, 2.24) is 0 Å². The molecule has 0 radical (unpaired) electrons. The lowest BCUT2D eigenvalue weighted by Crippen LogP contribution is -2.40. The number of hydrogen-bond donors (Lipinski definition) is 1. The average Bonchev–Trinajstić information content (AvgIpc) is 2.79. The summed E-state index contributed by atoms with van der Waals surface area (Å²) in [6, 6.07) is 0. The first-order chi connectivity index (χ1) is 15.9. The van der Waals surface area contributed by atoms with E-state index in [-0.39, 0.29) is 34.3 Å². The van der Waals surface area contributed by atoms with Crippen molar-refractivity contribution in [2.24, 2.45) is 17.3 Å². The largest absolute Gasteiger partial charge is 0.507 e. The van der Waals surface area contributed by atoms with Crippen LogP contribution in [0.5, 0.6) is 11.5 Å². The predicted octanol–water partition coefficient (Wildman–Crippen LogP) is 6.26. The standard InChI is InChI=1S/C27H37ClO6/c1-15(13-14-27(6)16(2)10-12-21(30)18(27)4)9-11-20-24(31)22(26(32-7)33-8)17(3)23(28)25(20)34-19(5)29/h9,13-14,16,18,26,31H,10-12H2,1-8H3/b14-13+,15-9+/t16-,18+,27+/m1/s1.